The Bertz CT molecular complexity index is 864. The van der Waals surface area contributed by atoms with Gasteiger partial charge in [-0.1, -0.05) is 19.2 Å². The Morgan fingerprint density at radius 1 is 1.16 bits per heavy atom. The van der Waals surface area contributed by atoms with Crippen LogP contribution in [0.1, 0.15) is 30.7 Å². The van der Waals surface area contributed by atoms with Crippen molar-refractivity contribution in [2.24, 2.45) is 0 Å². The number of aromatic nitrogens is 1. The summed E-state index contributed by atoms with van der Waals surface area (Å²) in [6.45, 7) is 10.7. The lowest BCUT2D eigenvalue weighted by Crippen LogP contribution is -2.12. The molecule has 0 aliphatic rings. The van der Waals surface area contributed by atoms with E-state index in [1.165, 1.54) is 24.3 Å². The van der Waals surface area contributed by atoms with Crippen LogP contribution in [0.5, 0.6) is 5.75 Å². The van der Waals surface area contributed by atoms with Gasteiger partial charge in [0.25, 0.3) is 0 Å². The maximum Gasteiger partial charge on any atom is 0.416 e. The van der Waals surface area contributed by atoms with E-state index < -0.39 is 11.7 Å². The van der Waals surface area contributed by atoms with E-state index in [-0.39, 0.29) is 28.5 Å². The molecule has 1 aromatic heterocycles. The van der Waals surface area contributed by atoms with Crippen LogP contribution in [-0.4, -0.2) is 11.1 Å². The van der Waals surface area contributed by atoms with Gasteiger partial charge < -0.3 is 9.72 Å². The fourth-order valence-electron chi connectivity index (χ4n) is 2.38. The summed E-state index contributed by atoms with van der Waals surface area (Å²) in [5.74, 6) is 0.250. The predicted octanol–water partition coefficient (Wildman–Crippen LogP) is 5.13. The van der Waals surface area contributed by atoms with Crippen LogP contribution >= 0.6 is 0 Å². The molecule has 0 aliphatic carbocycles. The number of ether oxygens (including phenoxy) is 1. The number of H-pyrrole nitrogens is 1. The van der Waals surface area contributed by atoms with Gasteiger partial charge in [-0.15, -0.1) is 0 Å². The van der Waals surface area contributed by atoms with Gasteiger partial charge in [-0.05, 0) is 38.1 Å². The van der Waals surface area contributed by atoms with E-state index in [0.29, 0.717) is 11.3 Å². The summed E-state index contributed by atoms with van der Waals surface area (Å²) in [4.78, 5) is 15.2. The van der Waals surface area contributed by atoms with Crippen molar-refractivity contribution < 1.29 is 17.9 Å². The molecule has 0 amide bonds. The Balaban J connectivity index is 2.75. The van der Waals surface area contributed by atoms with E-state index in [9.17, 15) is 18.0 Å². The van der Waals surface area contributed by atoms with E-state index >= 15 is 0 Å². The molecule has 1 aromatic carbocycles. The molecule has 1 N–H and O–H groups in total. The highest BCUT2D eigenvalue weighted by molar-refractivity contribution is 5.72. The summed E-state index contributed by atoms with van der Waals surface area (Å²) in [5, 5.41) is 0. The summed E-state index contributed by atoms with van der Waals surface area (Å²) in [6, 6.07) is 4.40. The van der Waals surface area contributed by atoms with Crippen molar-refractivity contribution >= 4 is 12.2 Å². The van der Waals surface area contributed by atoms with Crippen molar-refractivity contribution in [1.82, 2.24) is 4.98 Å². The molecule has 0 atom stereocenters. The van der Waals surface area contributed by atoms with Crippen LogP contribution in [0.3, 0.4) is 0 Å². The minimum absolute atomic E-state index is 0.152. The molecule has 6 heteroatoms. The monoisotopic (exact) mass is 349 g/mol. The second-order valence-electron chi connectivity index (χ2n) is 5.66. The number of alkyl halides is 3. The summed E-state index contributed by atoms with van der Waals surface area (Å²) >= 11 is 0. The van der Waals surface area contributed by atoms with Crippen LogP contribution in [0, 0.1) is 0 Å². The van der Waals surface area contributed by atoms with Crippen molar-refractivity contribution in [2.45, 2.75) is 26.1 Å². The van der Waals surface area contributed by atoms with Gasteiger partial charge in [0.2, 0.25) is 0 Å². The summed E-state index contributed by atoms with van der Waals surface area (Å²) in [7, 11) is 0. The molecule has 0 fully saturated rings. The SMILES string of the molecule is C=Cc1[nH]c(-c2cc(C(F)(F)F)ccc2OC(C)C)cc(=O)c1C=C. The second kappa shape index (κ2) is 7.01. The smallest absolute Gasteiger partial charge is 0.416 e. The van der Waals surface area contributed by atoms with Crippen LogP contribution in [0.15, 0.2) is 42.2 Å². The zero-order valence-electron chi connectivity index (χ0n) is 13.9. The first-order chi connectivity index (χ1) is 11.7. The highest BCUT2D eigenvalue weighted by Gasteiger charge is 2.31. The van der Waals surface area contributed by atoms with Crippen LogP contribution in [-0.2, 0) is 6.18 Å². The third-order valence-electron chi connectivity index (χ3n) is 3.47. The van der Waals surface area contributed by atoms with Crippen LogP contribution in [0.2, 0.25) is 0 Å². The maximum atomic E-state index is 13.1. The van der Waals surface area contributed by atoms with Crippen molar-refractivity contribution in [1.29, 1.82) is 0 Å². The Morgan fingerprint density at radius 2 is 1.84 bits per heavy atom. The van der Waals surface area contributed by atoms with Crippen molar-refractivity contribution in [3.8, 4) is 17.0 Å². The lowest BCUT2D eigenvalue weighted by molar-refractivity contribution is -0.137. The summed E-state index contributed by atoms with van der Waals surface area (Å²) < 4.78 is 44.8. The highest BCUT2D eigenvalue weighted by atomic mass is 19.4. The predicted molar refractivity (Wildman–Crippen MR) is 93.4 cm³/mol. The maximum absolute atomic E-state index is 13.1. The largest absolute Gasteiger partial charge is 0.490 e. The topological polar surface area (TPSA) is 42.1 Å². The molecule has 25 heavy (non-hydrogen) atoms. The number of hydrogen-bond acceptors (Lipinski definition) is 2. The molecule has 2 aromatic rings. The second-order valence-corrected chi connectivity index (χ2v) is 5.66. The molecule has 3 nitrogen and oxygen atoms in total. The molecule has 0 saturated carbocycles. The minimum Gasteiger partial charge on any atom is -0.490 e. The standard InChI is InChI=1S/C19H18F3NO2/c1-5-13-15(6-2)23-16(10-17(13)24)14-9-12(19(20,21)22)7-8-18(14)25-11(3)4/h5-11H,1-2H2,3-4H3,(H,23,24). The number of rotatable bonds is 5. The molecule has 0 saturated heterocycles. The number of pyridine rings is 1. The molecule has 132 valence electrons. The van der Waals surface area contributed by atoms with E-state index in [1.54, 1.807) is 13.8 Å². The molecule has 0 aliphatic heterocycles. The molecular weight excluding hydrogens is 331 g/mol. The first-order valence-electron chi connectivity index (χ1n) is 7.57. The van der Waals surface area contributed by atoms with Crippen LogP contribution < -0.4 is 10.2 Å². The van der Waals surface area contributed by atoms with Gasteiger partial charge in [0.1, 0.15) is 5.75 Å². The van der Waals surface area contributed by atoms with Crippen LogP contribution in [0.25, 0.3) is 23.4 Å². The first-order valence-corrected chi connectivity index (χ1v) is 7.57. The quantitative estimate of drug-likeness (QED) is 0.813. The van der Waals surface area contributed by atoms with Gasteiger partial charge in [-0.25, -0.2) is 0 Å². The highest BCUT2D eigenvalue weighted by Crippen LogP contribution is 2.37. The Morgan fingerprint density at radius 3 is 2.36 bits per heavy atom. The average molecular weight is 349 g/mol. The van der Waals surface area contributed by atoms with Gasteiger partial charge in [-0.2, -0.15) is 13.2 Å². The zero-order valence-corrected chi connectivity index (χ0v) is 13.9. The molecule has 0 unspecified atom stereocenters. The molecule has 1 heterocycles. The number of nitrogens with one attached hydrogen (secondary N) is 1. The fraction of sp³-hybridized carbons (Fsp3) is 0.211. The lowest BCUT2D eigenvalue weighted by Gasteiger charge is -2.17. The van der Waals surface area contributed by atoms with Gasteiger partial charge in [0.15, 0.2) is 5.43 Å². The summed E-state index contributed by atoms with van der Waals surface area (Å²) in [5.41, 5.74) is -0.145. The molecule has 0 bridgehead atoms. The van der Waals surface area contributed by atoms with Crippen molar-refractivity contribution in [3.05, 3.63) is 64.5 Å². The Labute approximate surface area is 143 Å². The van der Waals surface area contributed by atoms with Crippen molar-refractivity contribution in [2.75, 3.05) is 0 Å². The van der Waals surface area contributed by atoms with Crippen molar-refractivity contribution in [3.63, 3.8) is 0 Å². The average Bonchev–Trinajstić information content (AvgIpc) is 2.52. The summed E-state index contributed by atoms with van der Waals surface area (Å²) in [6.07, 6.45) is -1.96. The Hall–Kier alpha value is -2.76. The third kappa shape index (κ3) is 4.02. The fourth-order valence-corrected chi connectivity index (χ4v) is 2.38. The minimum atomic E-state index is -4.51. The number of halogens is 3. The van der Waals surface area contributed by atoms with E-state index in [0.717, 1.165) is 12.1 Å². The van der Waals surface area contributed by atoms with Gasteiger partial charge in [-0.3, -0.25) is 4.79 Å². The molecule has 0 radical (unpaired) electrons. The molecule has 0 spiro atoms. The molecular formula is C19H18F3NO2. The zero-order chi connectivity index (χ0) is 18.8. The Kier molecular flexibility index (Phi) is 5.21. The first kappa shape index (κ1) is 18.6. The van der Waals surface area contributed by atoms with E-state index in [2.05, 4.69) is 18.1 Å². The van der Waals surface area contributed by atoms with Gasteiger partial charge in [0, 0.05) is 22.9 Å². The number of aromatic amines is 1. The number of hydrogen-bond donors (Lipinski definition) is 1. The van der Waals surface area contributed by atoms with E-state index in [4.69, 9.17) is 4.74 Å². The van der Waals surface area contributed by atoms with E-state index in [1.807, 2.05) is 0 Å². The van der Waals surface area contributed by atoms with Crippen LogP contribution in [0.4, 0.5) is 13.2 Å². The lowest BCUT2D eigenvalue weighted by atomic mass is 10.0. The molecule has 2 rings (SSSR count). The van der Waals surface area contributed by atoms with Gasteiger partial charge in [0.05, 0.1) is 17.4 Å². The third-order valence-corrected chi connectivity index (χ3v) is 3.47. The normalized spacial score (nSPS) is 11.4. The number of benzene rings is 1. The van der Waals surface area contributed by atoms with Gasteiger partial charge >= 0.3 is 6.18 Å².